The Hall–Kier alpha value is -2.17. The maximum Gasteiger partial charge on any atom is 0.329 e. The maximum absolute atomic E-state index is 11.8. The highest BCUT2D eigenvalue weighted by atomic mass is 16.2. The first-order chi connectivity index (χ1) is 7.51. The molecule has 0 spiro atoms. The van der Waals surface area contributed by atoms with Crippen molar-refractivity contribution in [3.63, 3.8) is 0 Å². The Labute approximate surface area is 91.7 Å². The van der Waals surface area contributed by atoms with Crippen LogP contribution in [0.4, 0.5) is 0 Å². The van der Waals surface area contributed by atoms with E-state index in [0.29, 0.717) is 5.69 Å². The van der Waals surface area contributed by atoms with E-state index in [-0.39, 0.29) is 17.9 Å². The third-order valence-electron chi connectivity index (χ3n) is 2.04. The number of H-pyrrole nitrogens is 1. The zero-order chi connectivity index (χ0) is 12.3. The molecule has 0 atom stereocenters. The molecule has 0 aliphatic rings. The number of Topliss-reactive ketones (excluding diaryl/α,β-unsaturated/α-hetero) is 1. The first kappa shape index (κ1) is 11.9. The first-order valence-electron chi connectivity index (χ1n) is 4.62. The highest BCUT2D eigenvalue weighted by Gasteiger charge is 2.10. The lowest BCUT2D eigenvalue weighted by atomic mass is 10.2. The minimum atomic E-state index is -0.624. The van der Waals surface area contributed by atoms with Crippen molar-refractivity contribution in [3.8, 4) is 0 Å². The number of ketones is 1. The molecule has 0 saturated carbocycles. The van der Waals surface area contributed by atoms with Crippen LogP contribution in [0.5, 0.6) is 0 Å². The van der Waals surface area contributed by atoms with E-state index in [0.717, 1.165) is 4.57 Å². The third-order valence-corrected chi connectivity index (χ3v) is 2.04. The molecule has 1 aromatic heterocycles. The van der Waals surface area contributed by atoms with Gasteiger partial charge in [-0.25, -0.2) is 4.79 Å². The predicted octanol–water partition coefficient (Wildman–Crippen LogP) is 0.412. The summed E-state index contributed by atoms with van der Waals surface area (Å²) in [6.07, 6.45) is 2.68. The van der Waals surface area contributed by atoms with Gasteiger partial charge in [0.15, 0.2) is 0 Å². The largest absolute Gasteiger partial charge is 0.329 e. The van der Waals surface area contributed by atoms with Gasteiger partial charge in [-0.1, -0.05) is 19.2 Å². The van der Waals surface area contributed by atoms with Crippen molar-refractivity contribution in [2.45, 2.75) is 13.5 Å². The van der Waals surface area contributed by atoms with Crippen molar-refractivity contribution < 1.29 is 4.79 Å². The lowest BCUT2D eigenvalue weighted by Gasteiger charge is -2.05. The molecule has 1 aromatic rings. The Morgan fingerprint density at radius 3 is 2.44 bits per heavy atom. The van der Waals surface area contributed by atoms with Gasteiger partial charge in [0.25, 0.3) is 5.56 Å². The topological polar surface area (TPSA) is 71.9 Å². The standard InChI is InChI=1S/C11H12N2O3/c1-4-8-9(5-2)12-11(16)13(10(8)15)6-7(3)14/h4-5H,1-2,6H2,3H3,(H,12,16). The SMILES string of the molecule is C=Cc1[nH]c(=O)n(CC(C)=O)c(=O)c1C=C. The fraction of sp³-hybridized carbons (Fsp3) is 0.182. The number of nitrogens with zero attached hydrogens (tertiary/aromatic N) is 1. The molecular formula is C11H12N2O3. The first-order valence-corrected chi connectivity index (χ1v) is 4.62. The second-order valence-electron chi connectivity index (χ2n) is 3.26. The van der Waals surface area contributed by atoms with E-state index in [1.807, 2.05) is 0 Å². The summed E-state index contributed by atoms with van der Waals surface area (Å²) >= 11 is 0. The minimum Gasteiger partial charge on any atom is -0.307 e. The van der Waals surface area contributed by atoms with Gasteiger partial charge < -0.3 is 4.98 Å². The van der Waals surface area contributed by atoms with Crippen LogP contribution in [0.2, 0.25) is 0 Å². The molecule has 0 unspecified atom stereocenters. The lowest BCUT2D eigenvalue weighted by molar-refractivity contribution is -0.117. The van der Waals surface area contributed by atoms with Crippen molar-refractivity contribution in [2.75, 3.05) is 0 Å². The van der Waals surface area contributed by atoms with Crippen LogP contribution >= 0.6 is 0 Å². The quantitative estimate of drug-likeness (QED) is 0.798. The Kier molecular flexibility index (Phi) is 3.40. The number of hydrogen-bond donors (Lipinski definition) is 1. The van der Waals surface area contributed by atoms with Gasteiger partial charge in [0.05, 0.1) is 17.8 Å². The normalized spacial score (nSPS) is 9.81. The highest BCUT2D eigenvalue weighted by molar-refractivity contribution is 5.75. The molecule has 0 saturated heterocycles. The van der Waals surface area contributed by atoms with Gasteiger partial charge >= 0.3 is 5.69 Å². The smallest absolute Gasteiger partial charge is 0.307 e. The fourth-order valence-corrected chi connectivity index (χ4v) is 1.33. The second kappa shape index (κ2) is 4.57. The molecule has 16 heavy (non-hydrogen) atoms. The van der Waals surface area contributed by atoms with E-state index < -0.39 is 11.2 Å². The van der Waals surface area contributed by atoms with Gasteiger partial charge in [0.2, 0.25) is 0 Å². The van der Waals surface area contributed by atoms with Crippen LogP contribution in [0.15, 0.2) is 22.7 Å². The molecule has 0 amide bonds. The highest BCUT2D eigenvalue weighted by Crippen LogP contribution is 2.00. The van der Waals surface area contributed by atoms with Crippen molar-refractivity contribution in [3.05, 3.63) is 45.3 Å². The van der Waals surface area contributed by atoms with Gasteiger partial charge in [-0.05, 0) is 13.0 Å². The monoisotopic (exact) mass is 220 g/mol. The summed E-state index contributed by atoms with van der Waals surface area (Å²) in [5.41, 5.74) is -0.620. The van der Waals surface area contributed by atoms with E-state index in [2.05, 4.69) is 18.1 Å². The molecule has 0 radical (unpaired) electrons. The molecule has 0 aliphatic heterocycles. The molecule has 0 fully saturated rings. The summed E-state index contributed by atoms with van der Waals surface area (Å²) < 4.78 is 0.840. The Bertz CT molecular complexity index is 564. The number of carbonyl (C=O) groups excluding carboxylic acids is 1. The molecule has 0 aliphatic carbocycles. The van der Waals surface area contributed by atoms with Crippen LogP contribution in [0.3, 0.4) is 0 Å². The zero-order valence-corrected chi connectivity index (χ0v) is 8.95. The predicted molar refractivity (Wildman–Crippen MR) is 62.2 cm³/mol. The van der Waals surface area contributed by atoms with Crippen LogP contribution in [-0.4, -0.2) is 15.3 Å². The molecule has 84 valence electrons. The summed E-state index contributed by atoms with van der Waals surface area (Å²) in [6, 6.07) is 0. The fourth-order valence-electron chi connectivity index (χ4n) is 1.33. The number of carbonyl (C=O) groups is 1. The molecular weight excluding hydrogens is 208 g/mol. The molecule has 1 N–H and O–H groups in total. The second-order valence-corrected chi connectivity index (χ2v) is 3.26. The summed E-state index contributed by atoms with van der Waals surface area (Å²) in [4.78, 5) is 36.7. The molecule has 5 heteroatoms. The van der Waals surface area contributed by atoms with Gasteiger partial charge in [-0.2, -0.15) is 0 Å². The molecule has 5 nitrogen and oxygen atoms in total. The van der Waals surface area contributed by atoms with Gasteiger partial charge in [0, 0.05) is 0 Å². The van der Waals surface area contributed by atoms with Gasteiger partial charge in [-0.15, -0.1) is 0 Å². The minimum absolute atomic E-state index is 0.232. The Morgan fingerprint density at radius 1 is 1.38 bits per heavy atom. The summed E-state index contributed by atoms with van der Waals surface area (Å²) in [5, 5.41) is 0. The van der Waals surface area contributed by atoms with E-state index >= 15 is 0 Å². The summed E-state index contributed by atoms with van der Waals surface area (Å²) in [5.74, 6) is -0.269. The van der Waals surface area contributed by atoms with Crippen LogP contribution in [0.25, 0.3) is 12.2 Å². The van der Waals surface area contributed by atoms with E-state index in [9.17, 15) is 14.4 Å². The Morgan fingerprint density at radius 2 is 2.00 bits per heavy atom. The molecule has 0 bridgehead atoms. The zero-order valence-electron chi connectivity index (χ0n) is 8.95. The van der Waals surface area contributed by atoms with Crippen LogP contribution in [-0.2, 0) is 11.3 Å². The number of rotatable bonds is 4. The maximum atomic E-state index is 11.8. The van der Waals surface area contributed by atoms with Gasteiger partial charge in [-0.3, -0.25) is 14.2 Å². The third kappa shape index (κ3) is 2.08. The summed E-state index contributed by atoms with van der Waals surface area (Å²) in [6.45, 7) is 8.02. The van der Waals surface area contributed by atoms with E-state index in [1.165, 1.54) is 19.1 Å². The molecule has 0 aromatic carbocycles. The number of nitrogens with one attached hydrogen (secondary N) is 1. The van der Waals surface area contributed by atoms with Crippen molar-refractivity contribution in [2.24, 2.45) is 0 Å². The lowest BCUT2D eigenvalue weighted by Crippen LogP contribution is -2.38. The van der Waals surface area contributed by atoms with Crippen LogP contribution in [0.1, 0.15) is 18.2 Å². The number of aromatic nitrogens is 2. The Balaban J connectivity index is 3.60. The van der Waals surface area contributed by atoms with Crippen molar-refractivity contribution in [1.82, 2.24) is 9.55 Å². The molecule has 1 rings (SSSR count). The van der Waals surface area contributed by atoms with Gasteiger partial charge in [0.1, 0.15) is 5.78 Å². The average Bonchev–Trinajstić information content (AvgIpc) is 2.23. The molecule has 1 heterocycles. The van der Waals surface area contributed by atoms with E-state index in [4.69, 9.17) is 0 Å². The average molecular weight is 220 g/mol. The van der Waals surface area contributed by atoms with Crippen LogP contribution in [0, 0.1) is 0 Å². The van der Waals surface area contributed by atoms with Crippen molar-refractivity contribution in [1.29, 1.82) is 0 Å². The van der Waals surface area contributed by atoms with Crippen molar-refractivity contribution >= 4 is 17.9 Å². The number of hydrogen-bond acceptors (Lipinski definition) is 3. The summed E-state index contributed by atoms with van der Waals surface area (Å²) in [7, 11) is 0. The van der Waals surface area contributed by atoms with E-state index in [1.54, 1.807) is 0 Å². The number of aromatic amines is 1. The van der Waals surface area contributed by atoms with Crippen LogP contribution < -0.4 is 11.2 Å².